The molecule has 0 spiro atoms. The normalized spacial score (nSPS) is 12.2. The zero-order chi connectivity index (χ0) is 20.8. The predicted octanol–water partition coefficient (Wildman–Crippen LogP) is 2.42. The molecule has 5 heteroatoms. The molecular weight excluding hydrogens is 360 g/mol. The summed E-state index contributed by atoms with van der Waals surface area (Å²) in [5, 5.41) is 7.80. The van der Waals surface area contributed by atoms with Crippen LogP contribution >= 0.6 is 0 Å². The van der Waals surface area contributed by atoms with E-state index >= 15 is 0 Å². The molecule has 0 bridgehead atoms. The van der Waals surface area contributed by atoms with E-state index in [0.29, 0.717) is 19.4 Å². The molecule has 0 aliphatic rings. The first-order chi connectivity index (χ1) is 14.0. The first-order valence-corrected chi connectivity index (χ1v) is 10.2. The second kappa shape index (κ2) is 9.52. The predicted molar refractivity (Wildman–Crippen MR) is 116 cm³/mol. The summed E-state index contributed by atoms with van der Waals surface area (Å²) in [7, 11) is 4.24. The van der Waals surface area contributed by atoms with Crippen LogP contribution in [0.3, 0.4) is 0 Å². The van der Waals surface area contributed by atoms with E-state index in [0.717, 1.165) is 22.6 Å². The number of nitrogens with zero attached hydrogens (tertiary/aromatic N) is 2. The first kappa shape index (κ1) is 20.8. The van der Waals surface area contributed by atoms with Gasteiger partial charge in [0.15, 0.2) is 0 Å². The van der Waals surface area contributed by atoms with Gasteiger partial charge in [-0.25, -0.2) is 4.68 Å². The van der Waals surface area contributed by atoms with Crippen molar-refractivity contribution in [3.63, 3.8) is 0 Å². The number of aryl methyl sites for hydroxylation is 1. The molecule has 152 valence electrons. The van der Waals surface area contributed by atoms with Gasteiger partial charge in [-0.05, 0) is 38.0 Å². The maximum absolute atomic E-state index is 12.5. The van der Waals surface area contributed by atoms with Crippen LogP contribution in [0.5, 0.6) is 0 Å². The van der Waals surface area contributed by atoms with Crippen molar-refractivity contribution in [2.45, 2.75) is 32.7 Å². The molecule has 1 aromatic heterocycles. The van der Waals surface area contributed by atoms with Crippen molar-refractivity contribution in [2.24, 2.45) is 0 Å². The van der Waals surface area contributed by atoms with E-state index in [2.05, 4.69) is 43.6 Å². The van der Waals surface area contributed by atoms with Crippen molar-refractivity contribution < 1.29 is 9.69 Å². The summed E-state index contributed by atoms with van der Waals surface area (Å²) < 4.78 is 1.96. The Morgan fingerprint density at radius 1 is 1.03 bits per heavy atom. The Kier molecular flexibility index (Phi) is 6.83. The summed E-state index contributed by atoms with van der Waals surface area (Å²) in [5.74, 6) is 0.0819. The molecular formula is C24H31N4O+. The molecule has 5 nitrogen and oxygen atoms in total. The van der Waals surface area contributed by atoms with Crippen LogP contribution in [-0.4, -0.2) is 36.3 Å². The average molecular weight is 392 g/mol. The minimum absolute atomic E-state index is 0.0819. The number of carbonyl (C=O) groups is 1. The van der Waals surface area contributed by atoms with Crippen LogP contribution in [0.2, 0.25) is 0 Å². The van der Waals surface area contributed by atoms with Crippen LogP contribution in [0.1, 0.15) is 35.0 Å². The van der Waals surface area contributed by atoms with Crippen LogP contribution in [0.25, 0.3) is 5.69 Å². The number of carbonyl (C=O) groups excluding carboxylic acids is 1. The van der Waals surface area contributed by atoms with E-state index in [4.69, 9.17) is 0 Å². The lowest BCUT2D eigenvalue weighted by Gasteiger charge is -2.22. The highest BCUT2D eigenvalue weighted by Crippen LogP contribution is 2.19. The van der Waals surface area contributed by atoms with Gasteiger partial charge in [-0.1, -0.05) is 48.5 Å². The van der Waals surface area contributed by atoms with Gasteiger partial charge in [0.1, 0.15) is 6.04 Å². The van der Waals surface area contributed by atoms with Gasteiger partial charge in [0.2, 0.25) is 5.91 Å². The van der Waals surface area contributed by atoms with Crippen molar-refractivity contribution in [2.75, 3.05) is 20.6 Å². The minimum Gasteiger partial charge on any atom is -0.350 e. The second-order valence-corrected chi connectivity index (χ2v) is 7.74. The zero-order valence-corrected chi connectivity index (χ0v) is 17.8. The summed E-state index contributed by atoms with van der Waals surface area (Å²) in [6.07, 6.45) is 1.16. The molecule has 3 aromatic rings. The summed E-state index contributed by atoms with van der Waals surface area (Å²) >= 11 is 0. The largest absolute Gasteiger partial charge is 0.350 e. The number of quaternary nitrogens is 1. The Morgan fingerprint density at radius 2 is 1.66 bits per heavy atom. The molecule has 2 N–H and O–H groups in total. The lowest BCUT2D eigenvalue weighted by atomic mass is 10.1. The van der Waals surface area contributed by atoms with E-state index < -0.39 is 0 Å². The third-order valence-electron chi connectivity index (χ3n) is 5.45. The smallest absolute Gasteiger partial charge is 0.220 e. The summed E-state index contributed by atoms with van der Waals surface area (Å²) in [4.78, 5) is 13.8. The van der Waals surface area contributed by atoms with Gasteiger partial charge >= 0.3 is 0 Å². The van der Waals surface area contributed by atoms with Crippen molar-refractivity contribution >= 4 is 5.91 Å². The molecule has 2 aromatic carbocycles. The van der Waals surface area contributed by atoms with Crippen LogP contribution < -0.4 is 10.2 Å². The quantitative estimate of drug-likeness (QED) is 0.620. The Labute approximate surface area is 173 Å². The third-order valence-corrected chi connectivity index (χ3v) is 5.45. The number of likely N-dealkylation sites (N-methyl/N-ethyl adjacent to an activating group) is 1. The molecule has 1 atom stereocenters. The van der Waals surface area contributed by atoms with Gasteiger partial charge < -0.3 is 10.2 Å². The van der Waals surface area contributed by atoms with Gasteiger partial charge in [0, 0.05) is 17.7 Å². The maximum atomic E-state index is 12.5. The third kappa shape index (κ3) is 5.12. The lowest BCUT2D eigenvalue weighted by molar-refractivity contribution is -0.890. The van der Waals surface area contributed by atoms with E-state index in [1.165, 1.54) is 10.5 Å². The Morgan fingerprint density at radius 3 is 2.28 bits per heavy atom. The summed E-state index contributed by atoms with van der Waals surface area (Å²) in [6.45, 7) is 4.72. The number of rotatable bonds is 8. The molecule has 0 aliphatic carbocycles. The van der Waals surface area contributed by atoms with Crippen LogP contribution in [0.4, 0.5) is 0 Å². The van der Waals surface area contributed by atoms with Crippen molar-refractivity contribution in [1.29, 1.82) is 0 Å². The van der Waals surface area contributed by atoms with E-state index in [1.54, 1.807) is 0 Å². The van der Waals surface area contributed by atoms with Crippen LogP contribution in [0.15, 0.2) is 60.7 Å². The molecule has 0 aliphatic heterocycles. The monoisotopic (exact) mass is 391 g/mol. The number of amides is 1. The average Bonchev–Trinajstić information content (AvgIpc) is 3.01. The molecule has 0 saturated carbocycles. The highest BCUT2D eigenvalue weighted by molar-refractivity contribution is 5.76. The maximum Gasteiger partial charge on any atom is 0.220 e. The fourth-order valence-electron chi connectivity index (χ4n) is 3.74. The highest BCUT2D eigenvalue weighted by atomic mass is 16.1. The zero-order valence-electron chi connectivity index (χ0n) is 17.8. The Bertz CT molecular complexity index is 932. The Balaban J connectivity index is 1.60. The molecule has 1 heterocycles. The lowest BCUT2D eigenvalue weighted by Crippen LogP contribution is -3.07. The standard InChI is InChI=1S/C24H30N4O/c1-18-22(19(2)28(26-18)21-13-9-6-10-14-21)15-16-24(29)25-17-23(27(3)4)20-11-7-5-8-12-20/h5-14,23H,15-17H2,1-4H3,(H,25,29)/p+1/t23-/m0/s1. The molecule has 1 amide bonds. The molecule has 0 saturated heterocycles. The Hall–Kier alpha value is -2.92. The van der Waals surface area contributed by atoms with E-state index in [9.17, 15) is 4.79 Å². The number of hydrogen-bond donors (Lipinski definition) is 2. The van der Waals surface area contributed by atoms with Gasteiger partial charge in [-0.3, -0.25) is 4.79 Å². The van der Waals surface area contributed by atoms with Crippen molar-refractivity contribution in [3.8, 4) is 5.69 Å². The molecule has 0 radical (unpaired) electrons. The minimum atomic E-state index is 0.0819. The summed E-state index contributed by atoms with van der Waals surface area (Å²) in [5.41, 5.74) is 5.52. The number of benzene rings is 2. The fraction of sp³-hybridized carbons (Fsp3) is 0.333. The first-order valence-electron chi connectivity index (χ1n) is 10.2. The van der Waals surface area contributed by atoms with Gasteiger partial charge in [0.25, 0.3) is 0 Å². The number of para-hydroxylation sites is 1. The highest BCUT2D eigenvalue weighted by Gasteiger charge is 2.19. The molecule has 29 heavy (non-hydrogen) atoms. The van der Waals surface area contributed by atoms with Gasteiger partial charge in [-0.15, -0.1) is 0 Å². The van der Waals surface area contributed by atoms with Crippen molar-refractivity contribution in [3.05, 3.63) is 83.2 Å². The number of hydrogen-bond acceptors (Lipinski definition) is 2. The van der Waals surface area contributed by atoms with Crippen molar-refractivity contribution in [1.82, 2.24) is 15.1 Å². The van der Waals surface area contributed by atoms with Gasteiger partial charge in [0.05, 0.1) is 32.0 Å². The van der Waals surface area contributed by atoms with Crippen LogP contribution in [-0.2, 0) is 11.2 Å². The molecule has 0 unspecified atom stereocenters. The van der Waals surface area contributed by atoms with E-state index in [1.807, 2.05) is 60.1 Å². The number of aromatic nitrogens is 2. The SMILES string of the molecule is Cc1nn(-c2ccccc2)c(C)c1CCC(=O)NC[C@@H](c1ccccc1)[NH+](C)C. The molecule has 0 fully saturated rings. The topological polar surface area (TPSA) is 51.4 Å². The van der Waals surface area contributed by atoms with E-state index in [-0.39, 0.29) is 11.9 Å². The fourth-order valence-corrected chi connectivity index (χ4v) is 3.74. The number of nitrogens with one attached hydrogen (secondary N) is 2. The van der Waals surface area contributed by atoms with Crippen LogP contribution in [0, 0.1) is 13.8 Å². The van der Waals surface area contributed by atoms with Gasteiger partial charge in [-0.2, -0.15) is 5.10 Å². The summed E-state index contributed by atoms with van der Waals surface area (Å²) in [6, 6.07) is 20.7. The molecule has 3 rings (SSSR count). The second-order valence-electron chi connectivity index (χ2n) is 7.74.